The third-order valence-corrected chi connectivity index (χ3v) is 8.61. The molecule has 0 atom stereocenters. The summed E-state index contributed by atoms with van der Waals surface area (Å²) in [5.74, 6) is -0.394. The highest BCUT2D eigenvalue weighted by atomic mass is 79.9. The Bertz CT molecular complexity index is 1260. The van der Waals surface area contributed by atoms with Crippen molar-refractivity contribution in [2.75, 3.05) is 7.05 Å². The molecule has 1 aliphatic carbocycles. The minimum Gasteiger partial charge on any atom is -0.316 e. The van der Waals surface area contributed by atoms with Crippen molar-refractivity contribution in [2.45, 2.75) is 37.2 Å². The quantitative estimate of drug-likeness (QED) is 0.538. The van der Waals surface area contributed by atoms with Gasteiger partial charge in [0.05, 0.1) is 15.1 Å². The Kier molecular flexibility index (Phi) is 5.50. The van der Waals surface area contributed by atoms with Gasteiger partial charge in [-0.2, -0.15) is 9.30 Å². The minimum atomic E-state index is -3.53. The highest BCUT2D eigenvalue weighted by molar-refractivity contribution is 9.10. The monoisotopic (exact) mass is 493 g/mol. The second-order valence-electron chi connectivity index (χ2n) is 6.91. The first-order chi connectivity index (χ1) is 13.8. The maximum absolute atomic E-state index is 12.7. The number of benzene rings is 2. The Labute approximate surface area is 181 Å². The summed E-state index contributed by atoms with van der Waals surface area (Å²) in [4.78, 5) is 17.8. The Balaban J connectivity index is 1.67. The molecule has 2 aromatic carbocycles. The predicted octanol–water partition coefficient (Wildman–Crippen LogP) is 4.01. The number of carbonyl (C=O) groups is 1. The van der Waals surface area contributed by atoms with Gasteiger partial charge >= 0.3 is 0 Å². The molecule has 0 unspecified atom stereocenters. The van der Waals surface area contributed by atoms with E-state index < -0.39 is 15.9 Å². The van der Waals surface area contributed by atoms with Crippen LogP contribution < -0.4 is 4.80 Å². The van der Waals surface area contributed by atoms with Crippen LogP contribution in [0.15, 0.2) is 56.8 Å². The molecule has 9 heteroatoms. The van der Waals surface area contributed by atoms with Gasteiger partial charge in [0.2, 0.25) is 10.0 Å². The number of sulfonamides is 1. The largest absolute Gasteiger partial charge is 0.316 e. The zero-order valence-electron chi connectivity index (χ0n) is 16.0. The summed E-state index contributed by atoms with van der Waals surface area (Å²) in [7, 11) is -1.92. The summed E-state index contributed by atoms with van der Waals surface area (Å²) in [5, 5.41) is 0. The maximum Gasteiger partial charge on any atom is 0.279 e. The summed E-state index contributed by atoms with van der Waals surface area (Å²) in [6.45, 7) is 2.69. The third kappa shape index (κ3) is 3.84. The van der Waals surface area contributed by atoms with E-state index in [1.165, 1.54) is 39.9 Å². The molecule has 1 saturated carbocycles. The van der Waals surface area contributed by atoms with Gasteiger partial charge in [0.25, 0.3) is 5.91 Å². The van der Waals surface area contributed by atoms with E-state index in [0.717, 1.165) is 27.5 Å². The molecule has 0 radical (unpaired) electrons. The van der Waals surface area contributed by atoms with Crippen LogP contribution in [-0.4, -0.2) is 36.3 Å². The number of nitrogens with zero attached hydrogens (tertiary/aromatic N) is 3. The number of amides is 1. The number of carbonyl (C=O) groups excluding carboxylic acids is 1. The van der Waals surface area contributed by atoms with E-state index in [0.29, 0.717) is 16.9 Å². The van der Waals surface area contributed by atoms with Gasteiger partial charge < -0.3 is 4.57 Å². The van der Waals surface area contributed by atoms with E-state index in [4.69, 9.17) is 0 Å². The van der Waals surface area contributed by atoms with Crippen molar-refractivity contribution in [1.82, 2.24) is 8.87 Å². The molecule has 1 aromatic heterocycles. The first kappa shape index (κ1) is 20.5. The normalized spacial score (nSPS) is 15.4. The molecule has 0 bridgehead atoms. The van der Waals surface area contributed by atoms with Crippen molar-refractivity contribution in [1.29, 1.82) is 0 Å². The SMILES string of the molecule is CCn1c(=NC(=O)c2ccc(S(=O)(=O)N(C)C3CC3)cc2)sc2cccc(Br)c21. The maximum atomic E-state index is 12.7. The highest BCUT2D eigenvalue weighted by Gasteiger charge is 2.35. The first-order valence-corrected chi connectivity index (χ1v) is 12.3. The van der Waals surface area contributed by atoms with E-state index in [9.17, 15) is 13.2 Å². The second-order valence-corrected chi connectivity index (χ2v) is 10.8. The highest BCUT2D eigenvalue weighted by Crippen LogP contribution is 2.30. The number of para-hydroxylation sites is 1. The summed E-state index contributed by atoms with van der Waals surface area (Å²) in [6, 6.07) is 12.0. The molecule has 0 aliphatic heterocycles. The zero-order chi connectivity index (χ0) is 20.8. The lowest BCUT2D eigenvalue weighted by molar-refractivity contribution is 0.0997. The van der Waals surface area contributed by atoms with Gasteiger partial charge in [0.1, 0.15) is 0 Å². The van der Waals surface area contributed by atoms with Crippen molar-refractivity contribution in [3.63, 3.8) is 0 Å². The first-order valence-electron chi connectivity index (χ1n) is 9.28. The molecule has 0 saturated heterocycles. The number of thiazole rings is 1. The number of fused-ring (bicyclic) bond motifs is 1. The van der Waals surface area contributed by atoms with E-state index in [-0.39, 0.29) is 10.9 Å². The second kappa shape index (κ2) is 7.79. The van der Waals surface area contributed by atoms with Gasteiger partial charge in [-0.1, -0.05) is 17.4 Å². The molecule has 1 heterocycles. The van der Waals surface area contributed by atoms with Gasteiger partial charge in [0.15, 0.2) is 4.80 Å². The fourth-order valence-electron chi connectivity index (χ4n) is 3.19. The van der Waals surface area contributed by atoms with Crippen molar-refractivity contribution >= 4 is 53.4 Å². The van der Waals surface area contributed by atoms with Crippen LogP contribution in [0.1, 0.15) is 30.1 Å². The van der Waals surface area contributed by atoms with E-state index in [1.807, 2.05) is 29.7 Å². The fraction of sp³-hybridized carbons (Fsp3) is 0.300. The number of hydrogen-bond donors (Lipinski definition) is 0. The third-order valence-electron chi connectivity index (χ3n) is 5.00. The Morgan fingerprint density at radius 2 is 1.93 bits per heavy atom. The van der Waals surface area contributed by atoms with Crippen LogP contribution in [0.5, 0.6) is 0 Å². The summed E-state index contributed by atoms with van der Waals surface area (Å²) in [6.07, 6.45) is 1.79. The lowest BCUT2D eigenvalue weighted by Crippen LogP contribution is -2.28. The average Bonchev–Trinajstić information content (AvgIpc) is 3.49. The Morgan fingerprint density at radius 3 is 2.55 bits per heavy atom. The van der Waals surface area contributed by atoms with E-state index >= 15 is 0 Å². The number of rotatable bonds is 5. The average molecular weight is 494 g/mol. The van der Waals surface area contributed by atoms with Gasteiger partial charge in [-0.15, -0.1) is 0 Å². The van der Waals surface area contributed by atoms with Crippen LogP contribution in [-0.2, 0) is 16.6 Å². The number of aromatic nitrogens is 1. The van der Waals surface area contributed by atoms with Crippen LogP contribution in [0, 0.1) is 0 Å². The van der Waals surface area contributed by atoms with Crippen molar-refractivity contribution < 1.29 is 13.2 Å². The lowest BCUT2D eigenvalue weighted by Gasteiger charge is -2.16. The van der Waals surface area contributed by atoms with Gasteiger partial charge in [-0.25, -0.2) is 8.42 Å². The number of hydrogen-bond acceptors (Lipinski definition) is 4. The van der Waals surface area contributed by atoms with Crippen LogP contribution in [0.4, 0.5) is 0 Å². The molecular formula is C20H20BrN3O3S2. The van der Waals surface area contributed by atoms with Crippen LogP contribution in [0.3, 0.4) is 0 Å². The van der Waals surface area contributed by atoms with Gasteiger partial charge in [0, 0.05) is 29.7 Å². The molecule has 0 N–H and O–H groups in total. The molecule has 4 rings (SSSR count). The van der Waals surface area contributed by atoms with Crippen molar-refractivity contribution in [3.8, 4) is 0 Å². The molecule has 1 aliphatic rings. The standard InChI is InChI=1S/C20H20BrN3O3S2/c1-3-24-18-16(21)5-4-6-17(18)28-20(24)22-19(25)13-7-11-15(12-8-13)29(26,27)23(2)14-9-10-14/h4-8,11-12,14H,3,9-10H2,1-2H3. The molecular weight excluding hydrogens is 474 g/mol. The number of halogens is 1. The van der Waals surface area contributed by atoms with Gasteiger partial charge in [-0.05, 0) is 72.1 Å². The van der Waals surface area contributed by atoms with Crippen LogP contribution >= 0.6 is 27.3 Å². The van der Waals surface area contributed by atoms with E-state index in [2.05, 4.69) is 20.9 Å². The molecule has 3 aromatic rings. The van der Waals surface area contributed by atoms with Crippen molar-refractivity contribution in [3.05, 3.63) is 57.3 Å². The fourth-order valence-corrected chi connectivity index (χ4v) is 6.43. The Hall–Kier alpha value is -1.81. The molecule has 152 valence electrons. The van der Waals surface area contributed by atoms with Crippen LogP contribution in [0.2, 0.25) is 0 Å². The molecule has 1 amide bonds. The van der Waals surface area contributed by atoms with Crippen LogP contribution in [0.25, 0.3) is 10.2 Å². The topological polar surface area (TPSA) is 71.7 Å². The summed E-state index contributed by atoms with van der Waals surface area (Å²) in [5.41, 5.74) is 1.37. The molecule has 1 fully saturated rings. The minimum absolute atomic E-state index is 0.0908. The lowest BCUT2D eigenvalue weighted by atomic mass is 10.2. The Morgan fingerprint density at radius 1 is 1.24 bits per heavy atom. The molecule has 0 spiro atoms. The van der Waals surface area contributed by atoms with Crippen molar-refractivity contribution in [2.24, 2.45) is 4.99 Å². The zero-order valence-corrected chi connectivity index (χ0v) is 19.2. The number of aryl methyl sites for hydroxylation is 1. The van der Waals surface area contributed by atoms with E-state index in [1.54, 1.807) is 7.05 Å². The predicted molar refractivity (Wildman–Crippen MR) is 117 cm³/mol. The molecule has 6 nitrogen and oxygen atoms in total. The molecule has 29 heavy (non-hydrogen) atoms. The summed E-state index contributed by atoms with van der Waals surface area (Å²) >= 11 is 5.01. The smallest absolute Gasteiger partial charge is 0.279 e. The van der Waals surface area contributed by atoms with Gasteiger partial charge in [-0.3, -0.25) is 4.79 Å². The summed E-state index contributed by atoms with van der Waals surface area (Å²) < 4.78 is 30.6.